The average Bonchev–Trinajstić information content (AvgIpc) is 3.07. The van der Waals surface area contributed by atoms with Gasteiger partial charge in [-0.2, -0.15) is 0 Å². The van der Waals surface area contributed by atoms with Crippen LogP contribution in [0.2, 0.25) is 0 Å². The summed E-state index contributed by atoms with van der Waals surface area (Å²) in [4.78, 5) is 21.1. The number of ether oxygens (including phenoxy) is 1. The van der Waals surface area contributed by atoms with Crippen molar-refractivity contribution in [2.24, 2.45) is 4.99 Å². The van der Waals surface area contributed by atoms with Crippen LogP contribution >= 0.6 is 24.0 Å². The van der Waals surface area contributed by atoms with Crippen LogP contribution in [-0.2, 0) is 21.3 Å². The Kier molecular flexibility index (Phi) is 8.56. The molecule has 174 valence electrons. The first kappa shape index (κ1) is 25.7. The first-order chi connectivity index (χ1) is 14.1. The molecule has 1 fully saturated rings. The lowest BCUT2D eigenvalue weighted by Crippen LogP contribution is -2.57. The van der Waals surface area contributed by atoms with Gasteiger partial charge >= 0.3 is 6.09 Å². The van der Waals surface area contributed by atoms with E-state index in [2.05, 4.69) is 19.9 Å². The third kappa shape index (κ3) is 6.69. The van der Waals surface area contributed by atoms with Crippen molar-refractivity contribution in [3.8, 4) is 0 Å². The first-order valence-corrected chi connectivity index (χ1v) is 11.7. The van der Waals surface area contributed by atoms with E-state index >= 15 is 0 Å². The number of guanidine groups is 1. The van der Waals surface area contributed by atoms with Gasteiger partial charge in [-0.25, -0.2) is 17.9 Å². The maximum absolute atomic E-state index is 12.3. The molecule has 2 N–H and O–H groups in total. The molecular formula is C20H32IN5O4S. The second kappa shape index (κ2) is 10.3. The Hall–Kier alpha value is -1.60. The number of fused-ring (bicyclic) bond motifs is 1. The number of nitrogens with one attached hydrogen (secondary N) is 2. The molecule has 31 heavy (non-hydrogen) atoms. The monoisotopic (exact) mass is 565 g/mol. The number of carbonyl (C=O) groups is 1. The molecule has 0 spiro atoms. The summed E-state index contributed by atoms with van der Waals surface area (Å²) in [6, 6.07) is 6.94. The van der Waals surface area contributed by atoms with E-state index in [1.807, 2.05) is 20.8 Å². The summed E-state index contributed by atoms with van der Waals surface area (Å²) < 4.78 is 32.0. The van der Waals surface area contributed by atoms with Crippen LogP contribution in [0.1, 0.15) is 33.3 Å². The van der Waals surface area contributed by atoms with Gasteiger partial charge in [0.05, 0.1) is 17.5 Å². The van der Waals surface area contributed by atoms with Crippen LogP contribution < -0.4 is 10.0 Å². The summed E-state index contributed by atoms with van der Waals surface area (Å²) in [5.41, 5.74) is 0.457. The number of piperazine rings is 1. The van der Waals surface area contributed by atoms with E-state index in [-0.39, 0.29) is 41.0 Å². The van der Waals surface area contributed by atoms with Crippen molar-refractivity contribution < 1.29 is 17.9 Å². The van der Waals surface area contributed by atoms with Crippen molar-refractivity contribution in [2.45, 2.75) is 50.8 Å². The number of aliphatic imine (C=N–C) groups is 1. The number of hydrogen-bond donors (Lipinski definition) is 2. The van der Waals surface area contributed by atoms with Crippen molar-refractivity contribution in [1.82, 2.24) is 19.8 Å². The lowest BCUT2D eigenvalue weighted by Gasteiger charge is -2.39. The van der Waals surface area contributed by atoms with Gasteiger partial charge in [0.1, 0.15) is 5.60 Å². The minimum atomic E-state index is -3.44. The van der Waals surface area contributed by atoms with E-state index in [0.717, 1.165) is 11.5 Å². The van der Waals surface area contributed by atoms with E-state index in [9.17, 15) is 13.2 Å². The van der Waals surface area contributed by atoms with Crippen LogP contribution in [0, 0.1) is 0 Å². The normalized spacial score (nSPS) is 18.7. The van der Waals surface area contributed by atoms with Gasteiger partial charge in [0.15, 0.2) is 5.96 Å². The van der Waals surface area contributed by atoms with Crippen molar-refractivity contribution in [2.75, 3.05) is 32.7 Å². The van der Waals surface area contributed by atoms with Crippen molar-refractivity contribution in [1.29, 1.82) is 0 Å². The highest BCUT2D eigenvalue weighted by Gasteiger charge is 2.36. The molecule has 2 aliphatic heterocycles. The predicted molar refractivity (Wildman–Crippen MR) is 130 cm³/mol. The number of sulfonamides is 1. The molecule has 0 aliphatic carbocycles. The third-order valence-corrected chi connectivity index (χ3v) is 6.44. The third-order valence-electron chi connectivity index (χ3n) is 4.88. The molecule has 1 atom stereocenters. The fourth-order valence-electron chi connectivity index (χ4n) is 3.46. The smallest absolute Gasteiger partial charge is 0.410 e. The number of nitrogens with zero attached hydrogens (tertiary/aromatic N) is 3. The minimum absolute atomic E-state index is 0. The highest BCUT2D eigenvalue weighted by atomic mass is 127. The Morgan fingerprint density at radius 3 is 2.52 bits per heavy atom. The van der Waals surface area contributed by atoms with Gasteiger partial charge in [0.25, 0.3) is 0 Å². The molecule has 0 radical (unpaired) electrons. The summed E-state index contributed by atoms with van der Waals surface area (Å²) in [6.07, 6.45) is -0.281. The number of hydrogen-bond acceptors (Lipinski definition) is 7. The van der Waals surface area contributed by atoms with Gasteiger partial charge < -0.3 is 19.9 Å². The SMILES string of the molecule is CCNS(=O)(=O)c1ccc(CNC2=NCC3CN(C(=O)OC(C)(C)C)CCN23)cc1.I. The Morgan fingerprint density at radius 2 is 1.90 bits per heavy atom. The zero-order valence-electron chi connectivity index (χ0n) is 18.4. The summed E-state index contributed by atoms with van der Waals surface area (Å²) in [7, 11) is -3.44. The van der Waals surface area contributed by atoms with E-state index < -0.39 is 15.6 Å². The van der Waals surface area contributed by atoms with Crippen LogP contribution in [0.25, 0.3) is 0 Å². The molecule has 2 aliphatic rings. The Bertz CT molecular complexity index is 899. The molecule has 11 heteroatoms. The highest BCUT2D eigenvalue weighted by molar-refractivity contribution is 14.0. The largest absolute Gasteiger partial charge is 0.444 e. The fraction of sp³-hybridized carbons (Fsp3) is 0.600. The maximum Gasteiger partial charge on any atom is 0.410 e. The maximum atomic E-state index is 12.3. The summed E-state index contributed by atoms with van der Waals surface area (Å²) >= 11 is 0. The predicted octanol–water partition coefficient (Wildman–Crippen LogP) is 1.98. The van der Waals surface area contributed by atoms with Gasteiger partial charge in [-0.05, 0) is 38.5 Å². The molecule has 1 unspecified atom stereocenters. The van der Waals surface area contributed by atoms with E-state index in [4.69, 9.17) is 4.74 Å². The molecule has 3 rings (SSSR count). The molecule has 9 nitrogen and oxygen atoms in total. The van der Waals surface area contributed by atoms with Gasteiger partial charge in [-0.1, -0.05) is 19.1 Å². The highest BCUT2D eigenvalue weighted by Crippen LogP contribution is 2.19. The van der Waals surface area contributed by atoms with Gasteiger partial charge in [0.2, 0.25) is 10.0 Å². The number of carbonyl (C=O) groups excluding carboxylic acids is 1. The molecule has 1 saturated heterocycles. The molecule has 1 amide bonds. The van der Waals surface area contributed by atoms with Crippen LogP contribution in [0.4, 0.5) is 4.79 Å². The fourth-order valence-corrected chi connectivity index (χ4v) is 4.50. The number of benzene rings is 1. The quantitative estimate of drug-likeness (QED) is 0.530. The van der Waals surface area contributed by atoms with Crippen LogP contribution in [0.5, 0.6) is 0 Å². The Balaban J connectivity index is 0.00000341. The topological polar surface area (TPSA) is 103 Å². The minimum Gasteiger partial charge on any atom is -0.444 e. The lowest BCUT2D eigenvalue weighted by molar-refractivity contribution is 0.0137. The average molecular weight is 565 g/mol. The Labute approximate surface area is 201 Å². The van der Waals surface area contributed by atoms with E-state index in [1.54, 1.807) is 36.1 Å². The standard InChI is InChI=1S/C20H31N5O4S.HI/c1-5-23-30(27,28)17-8-6-15(7-9-17)12-21-18-22-13-16-14-24(10-11-25(16)18)19(26)29-20(2,3)4;/h6-9,16,23H,5,10-14H2,1-4H3,(H,21,22);1H. The van der Waals surface area contributed by atoms with Crippen LogP contribution in [0.15, 0.2) is 34.2 Å². The number of halogens is 1. The molecule has 1 aromatic rings. The molecular weight excluding hydrogens is 533 g/mol. The van der Waals surface area contributed by atoms with Crippen molar-refractivity contribution >= 4 is 46.1 Å². The molecule has 0 bridgehead atoms. The van der Waals surface area contributed by atoms with Gasteiger partial charge in [0, 0.05) is 32.7 Å². The molecule has 0 aromatic heterocycles. The van der Waals surface area contributed by atoms with Crippen LogP contribution in [0.3, 0.4) is 0 Å². The lowest BCUT2D eigenvalue weighted by atomic mass is 10.2. The summed E-state index contributed by atoms with van der Waals surface area (Å²) in [5, 5.41) is 3.34. The molecule has 0 saturated carbocycles. The molecule has 1 aromatic carbocycles. The van der Waals surface area contributed by atoms with E-state index in [0.29, 0.717) is 39.3 Å². The second-order valence-corrected chi connectivity index (χ2v) is 10.2. The second-order valence-electron chi connectivity index (χ2n) is 8.44. The van der Waals surface area contributed by atoms with Crippen molar-refractivity contribution in [3.05, 3.63) is 29.8 Å². The zero-order chi connectivity index (χ0) is 21.9. The summed E-state index contributed by atoms with van der Waals surface area (Å²) in [5.74, 6) is 0.813. The summed E-state index contributed by atoms with van der Waals surface area (Å²) in [6.45, 7) is 10.7. The van der Waals surface area contributed by atoms with Crippen molar-refractivity contribution in [3.63, 3.8) is 0 Å². The molecule has 2 heterocycles. The number of amides is 1. The number of rotatable bonds is 5. The Morgan fingerprint density at radius 1 is 1.23 bits per heavy atom. The zero-order valence-corrected chi connectivity index (χ0v) is 21.6. The van der Waals surface area contributed by atoms with Gasteiger partial charge in [-0.3, -0.25) is 4.99 Å². The van der Waals surface area contributed by atoms with E-state index in [1.165, 1.54) is 0 Å². The van der Waals surface area contributed by atoms with Gasteiger partial charge in [-0.15, -0.1) is 24.0 Å². The first-order valence-electron chi connectivity index (χ1n) is 10.2. The van der Waals surface area contributed by atoms with Crippen LogP contribution in [-0.4, -0.2) is 74.6 Å².